The number of phenols is 1. The van der Waals surface area contributed by atoms with Crippen molar-refractivity contribution in [3.8, 4) is 5.75 Å². The van der Waals surface area contributed by atoms with Gasteiger partial charge in [-0.3, -0.25) is 4.79 Å². The molecule has 1 amide bonds. The van der Waals surface area contributed by atoms with Gasteiger partial charge in [0.25, 0.3) is 0 Å². The first-order valence-corrected chi connectivity index (χ1v) is 16.7. The Hall–Kier alpha value is -4.20. The zero-order valence-electron chi connectivity index (χ0n) is 27.3. The van der Waals surface area contributed by atoms with Gasteiger partial charge in [-0.05, 0) is 63.3 Å². The first-order valence-electron chi connectivity index (χ1n) is 16.7. The zero-order chi connectivity index (χ0) is 33.3. The van der Waals surface area contributed by atoms with Gasteiger partial charge in [0.15, 0.2) is 5.65 Å². The van der Waals surface area contributed by atoms with E-state index >= 15 is 0 Å². The average molecular weight is 650 g/mol. The molecule has 4 aromatic rings. The van der Waals surface area contributed by atoms with Crippen molar-refractivity contribution >= 4 is 33.7 Å². The van der Waals surface area contributed by atoms with Crippen molar-refractivity contribution in [2.45, 2.75) is 84.0 Å². The highest BCUT2D eigenvalue weighted by atomic mass is 16.5. The van der Waals surface area contributed by atoms with Gasteiger partial charge < -0.3 is 40.6 Å². The lowest BCUT2D eigenvalue weighted by atomic mass is 10.0. The fourth-order valence-corrected chi connectivity index (χ4v) is 6.32. The lowest BCUT2D eigenvalue weighted by Crippen LogP contribution is -2.32. The molecule has 47 heavy (non-hydrogen) atoms. The van der Waals surface area contributed by atoms with Gasteiger partial charge in [-0.15, -0.1) is 0 Å². The van der Waals surface area contributed by atoms with Gasteiger partial charge in [0.1, 0.15) is 5.75 Å². The summed E-state index contributed by atoms with van der Waals surface area (Å²) in [5, 5.41) is 44.1. The predicted molar refractivity (Wildman–Crippen MR) is 181 cm³/mol. The lowest BCUT2D eigenvalue weighted by Gasteiger charge is -2.28. The number of fused-ring (bicyclic) bond motifs is 2. The second-order valence-corrected chi connectivity index (χ2v) is 12.1. The molecule has 0 bridgehead atoms. The number of aromatic hydroxyl groups is 1. The number of hydrogen-bond donors (Lipinski definition) is 6. The molecule has 1 aromatic carbocycles. The molecule has 13 heteroatoms. The van der Waals surface area contributed by atoms with Crippen LogP contribution in [0.4, 0.5) is 10.5 Å². The maximum absolute atomic E-state index is 12.4. The van der Waals surface area contributed by atoms with Crippen molar-refractivity contribution in [3.63, 3.8) is 0 Å². The Morgan fingerprint density at radius 3 is 2.66 bits per heavy atom. The maximum atomic E-state index is 12.4. The zero-order valence-corrected chi connectivity index (χ0v) is 27.3. The van der Waals surface area contributed by atoms with Crippen LogP contribution in [0.15, 0.2) is 35.3 Å². The smallest absolute Gasteiger partial charge is 0.407 e. The Morgan fingerprint density at radius 2 is 1.91 bits per heavy atom. The molecule has 4 heterocycles. The highest BCUT2D eigenvalue weighted by Crippen LogP contribution is 2.32. The van der Waals surface area contributed by atoms with Crippen LogP contribution in [0.5, 0.6) is 5.75 Å². The number of phenolic OH excluding ortho intramolecular Hbond substituents is 1. The number of aromatic amines is 1. The SMILES string of the molecule is CCc1nc2c(cnn2CC)c(NC2CCOCC2)c1CN(CCCCCCNCC(O)c1ccc(O)c2[nH]c(=O)ccc12)C(=O)O. The van der Waals surface area contributed by atoms with Crippen LogP contribution < -0.4 is 16.2 Å². The topological polar surface area (TPSA) is 178 Å². The van der Waals surface area contributed by atoms with Gasteiger partial charge in [-0.25, -0.2) is 14.5 Å². The number of aryl methyl sites for hydroxylation is 2. The average Bonchev–Trinajstić information content (AvgIpc) is 3.49. The third-order valence-electron chi connectivity index (χ3n) is 8.93. The molecule has 1 aliphatic rings. The van der Waals surface area contributed by atoms with Crippen LogP contribution in [-0.4, -0.2) is 85.0 Å². The predicted octanol–water partition coefficient (Wildman–Crippen LogP) is 4.52. The second kappa shape index (κ2) is 16.1. The van der Waals surface area contributed by atoms with Crippen LogP contribution in [0.25, 0.3) is 21.9 Å². The Morgan fingerprint density at radius 1 is 1.13 bits per heavy atom. The summed E-state index contributed by atoms with van der Waals surface area (Å²) in [6.45, 7) is 7.89. The summed E-state index contributed by atoms with van der Waals surface area (Å²) in [4.78, 5) is 33.1. The number of unbranched alkanes of at least 4 members (excludes halogenated alkanes) is 3. The van der Waals surface area contributed by atoms with Gasteiger partial charge in [0.2, 0.25) is 5.56 Å². The van der Waals surface area contributed by atoms with E-state index in [4.69, 9.17) is 9.72 Å². The van der Waals surface area contributed by atoms with Gasteiger partial charge >= 0.3 is 6.09 Å². The van der Waals surface area contributed by atoms with Gasteiger partial charge in [-0.2, -0.15) is 5.10 Å². The standard InChI is InChI=1S/C34H47N7O6/c1-3-27-26(31(37-22-13-17-47-18-14-22)25-19-36-41(4-2)33(25)38-27)21-40(34(45)46)16-8-6-5-7-15-35-20-29(43)23-9-11-28(42)32-24(23)10-12-30(44)39-32/h9-12,19,22,29,35,42-43H,3-8,13-18,20-21H2,1-2H3,(H,37,38)(H,39,44)(H,45,46). The summed E-state index contributed by atoms with van der Waals surface area (Å²) in [5.74, 6) is -0.0392. The molecular weight excluding hydrogens is 602 g/mol. The van der Waals surface area contributed by atoms with Crippen molar-refractivity contribution in [1.29, 1.82) is 0 Å². The summed E-state index contributed by atoms with van der Waals surface area (Å²) in [7, 11) is 0. The van der Waals surface area contributed by atoms with Gasteiger partial charge in [-0.1, -0.05) is 25.8 Å². The molecule has 254 valence electrons. The van der Waals surface area contributed by atoms with E-state index in [1.165, 1.54) is 17.0 Å². The third-order valence-corrected chi connectivity index (χ3v) is 8.93. The minimum Gasteiger partial charge on any atom is -0.506 e. The van der Waals surface area contributed by atoms with Crippen molar-refractivity contribution in [1.82, 2.24) is 30.0 Å². The number of anilines is 1. The summed E-state index contributed by atoms with van der Waals surface area (Å²) < 4.78 is 7.45. The molecule has 1 fully saturated rings. The molecule has 1 aliphatic heterocycles. The molecule has 0 spiro atoms. The number of nitrogens with one attached hydrogen (secondary N) is 3. The largest absolute Gasteiger partial charge is 0.506 e. The van der Waals surface area contributed by atoms with Crippen LogP contribution in [0.1, 0.15) is 75.3 Å². The molecule has 0 aliphatic carbocycles. The van der Waals surface area contributed by atoms with Crippen LogP contribution in [0.2, 0.25) is 0 Å². The summed E-state index contributed by atoms with van der Waals surface area (Å²) in [6.07, 6.45) is 5.94. The fraction of sp³-hybridized carbons (Fsp3) is 0.529. The Balaban J connectivity index is 1.14. The molecule has 6 N–H and O–H groups in total. The number of aliphatic hydroxyl groups is 1. The number of nitrogens with zero attached hydrogens (tertiary/aromatic N) is 4. The number of ether oxygens (including phenoxy) is 1. The summed E-state index contributed by atoms with van der Waals surface area (Å²) >= 11 is 0. The molecule has 3 aromatic heterocycles. The lowest BCUT2D eigenvalue weighted by molar-refractivity contribution is 0.0904. The number of aliphatic hydroxyl groups excluding tert-OH is 1. The molecule has 0 saturated carbocycles. The number of aromatic nitrogens is 4. The normalized spacial score (nSPS) is 14.5. The van der Waals surface area contributed by atoms with E-state index in [1.54, 1.807) is 12.1 Å². The monoisotopic (exact) mass is 649 g/mol. The number of H-pyrrole nitrogens is 1. The highest BCUT2D eigenvalue weighted by molar-refractivity contribution is 5.92. The van der Waals surface area contributed by atoms with E-state index in [1.807, 2.05) is 17.8 Å². The number of pyridine rings is 2. The summed E-state index contributed by atoms with van der Waals surface area (Å²) in [6, 6.07) is 6.35. The van der Waals surface area contributed by atoms with Crippen LogP contribution >= 0.6 is 0 Å². The van der Waals surface area contributed by atoms with Crippen LogP contribution in [0, 0.1) is 0 Å². The number of rotatable bonds is 16. The van der Waals surface area contributed by atoms with E-state index in [-0.39, 0.29) is 23.9 Å². The molecule has 1 unspecified atom stereocenters. The van der Waals surface area contributed by atoms with Crippen LogP contribution in [0.3, 0.4) is 0 Å². The Bertz CT molecular complexity index is 1710. The van der Waals surface area contributed by atoms with E-state index in [9.17, 15) is 24.9 Å². The molecule has 0 radical (unpaired) electrons. The number of amides is 1. The first-order chi connectivity index (χ1) is 22.8. The van der Waals surface area contributed by atoms with E-state index in [0.717, 1.165) is 66.5 Å². The fourth-order valence-electron chi connectivity index (χ4n) is 6.32. The molecule has 1 atom stereocenters. The minimum atomic E-state index is -0.949. The van der Waals surface area contributed by atoms with Crippen molar-refractivity contribution in [3.05, 3.63) is 57.6 Å². The molecular formula is C34H47N7O6. The Kier molecular flexibility index (Phi) is 11.7. The van der Waals surface area contributed by atoms with Crippen LogP contribution in [-0.2, 0) is 24.2 Å². The summed E-state index contributed by atoms with van der Waals surface area (Å²) in [5.41, 5.74) is 4.17. The number of hydrogen-bond acceptors (Lipinski definition) is 9. The van der Waals surface area contributed by atoms with E-state index in [2.05, 4.69) is 27.6 Å². The maximum Gasteiger partial charge on any atom is 0.407 e. The third kappa shape index (κ3) is 8.21. The molecule has 1 saturated heterocycles. The van der Waals surface area contributed by atoms with E-state index < -0.39 is 12.2 Å². The Labute approximate surface area is 274 Å². The second-order valence-electron chi connectivity index (χ2n) is 12.1. The highest BCUT2D eigenvalue weighted by Gasteiger charge is 2.24. The number of carbonyl (C=O) groups is 1. The van der Waals surface area contributed by atoms with Gasteiger partial charge in [0.05, 0.1) is 35.4 Å². The van der Waals surface area contributed by atoms with E-state index in [0.29, 0.717) is 62.3 Å². The molecule has 13 nitrogen and oxygen atoms in total. The van der Waals surface area contributed by atoms with Crippen molar-refractivity contribution in [2.75, 3.05) is 38.2 Å². The first kappa shape index (κ1) is 34.1. The van der Waals surface area contributed by atoms with Crippen molar-refractivity contribution < 1.29 is 24.9 Å². The van der Waals surface area contributed by atoms with Crippen molar-refractivity contribution in [2.24, 2.45) is 0 Å². The number of benzene rings is 1. The minimum absolute atomic E-state index is 0.0392. The number of carboxylic acid groups (broad SMARTS) is 1. The van der Waals surface area contributed by atoms with Gasteiger partial charge in [0, 0.05) is 61.6 Å². The quantitative estimate of drug-likeness (QED) is 0.0946. The molecule has 5 rings (SSSR count).